The molecule has 3 fully saturated rings. The van der Waals surface area contributed by atoms with Crippen LogP contribution in [0.4, 0.5) is 0 Å². The summed E-state index contributed by atoms with van der Waals surface area (Å²) >= 11 is 0. The Bertz CT molecular complexity index is 661. The average molecular weight is 359 g/mol. The van der Waals surface area contributed by atoms with Crippen LogP contribution in [0.3, 0.4) is 0 Å². The van der Waals surface area contributed by atoms with E-state index < -0.39 is 0 Å². The monoisotopic (exact) mass is 359 g/mol. The lowest BCUT2D eigenvalue weighted by atomic mass is 9.92. The second kappa shape index (κ2) is 7.37. The fourth-order valence-electron chi connectivity index (χ4n) is 4.38. The Morgan fingerprint density at radius 1 is 1.08 bits per heavy atom. The number of nitrogens with zero attached hydrogens (tertiary/aromatic N) is 5. The van der Waals surface area contributed by atoms with Gasteiger partial charge in [0.2, 0.25) is 11.8 Å². The van der Waals surface area contributed by atoms with Crippen LogP contribution in [0.1, 0.15) is 63.7 Å². The highest BCUT2D eigenvalue weighted by molar-refractivity contribution is 5.80. The van der Waals surface area contributed by atoms with E-state index in [-0.39, 0.29) is 23.8 Å². The van der Waals surface area contributed by atoms with Crippen LogP contribution in [0.5, 0.6) is 0 Å². The van der Waals surface area contributed by atoms with Gasteiger partial charge in [-0.25, -0.2) is 0 Å². The van der Waals surface area contributed by atoms with E-state index >= 15 is 0 Å². The standard InChI is InChI=1S/C19H29N5O2/c1-14(25)22-10-7-16(8-11-22)19(26)24-9-3-2-4-17(24)18-21-20-13-23(18)12-15-5-6-15/h13,15-17H,2-12H2,1H3/t17-/m0/s1. The molecule has 0 aromatic carbocycles. The molecule has 1 atom stereocenters. The second-order valence-electron chi connectivity index (χ2n) is 8.11. The van der Waals surface area contributed by atoms with Crippen molar-refractivity contribution >= 4 is 11.8 Å². The summed E-state index contributed by atoms with van der Waals surface area (Å²) in [6, 6.07) is 0.0586. The predicted molar refractivity (Wildman–Crippen MR) is 96.0 cm³/mol. The number of amides is 2. The third-order valence-electron chi connectivity index (χ3n) is 6.17. The minimum Gasteiger partial charge on any atom is -0.343 e. The van der Waals surface area contributed by atoms with Crippen LogP contribution in [-0.4, -0.2) is 56.0 Å². The molecule has 3 aliphatic rings. The molecule has 2 saturated heterocycles. The zero-order valence-electron chi connectivity index (χ0n) is 15.6. The molecule has 2 amide bonds. The molecular weight excluding hydrogens is 330 g/mol. The van der Waals surface area contributed by atoms with Crippen LogP contribution in [0.15, 0.2) is 6.33 Å². The zero-order chi connectivity index (χ0) is 18.1. The van der Waals surface area contributed by atoms with Gasteiger partial charge >= 0.3 is 0 Å². The Labute approximate surface area is 154 Å². The third-order valence-corrected chi connectivity index (χ3v) is 6.17. The zero-order valence-corrected chi connectivity index (χ0v) is 15.6. The third kappa shape index (κ3) is 3.62. The summed E-state index contributed by atoms with van der Waals surface area (Å²) in [6.07, 6.45) is 9.13. The van der Waals surface area contributed by atoms with E-state index in [0.717, 1.165) is 56.9 Å². The molecule has 4 rings (SSSR count). The maximum atomic E-state index is 13.2. The van der Waals surface area contributed by atoms with Gasteiger partial charge in [-0.15, -0.1) is 10.2 Å². The SMILES string of the molecule is CC(=O)N1CCC(C(=O)N2CCCC[C@H]2c2nncn2CC2CC2)CC1. The first-order valence-electron chi connectivity index (χ1n) is 10.1. The van der Waals surface area contributed by atoms with Crippen molar-refractivity contribution in [3.63, 3.8) is 0 Å². The van der Waals surface area contributed by atoms with E-state index in [9.17, 15) is 9.59 Å². The van der Waals surface area contributed by atoms with Crippen molar-refractivity contribution in [1.29, 1.82) is 0 Å². The van der Waals surface area contributed by atoms with E-state index in [1.165, 1.54) is 12.8 Å². The Kier molecular flexibility index (Phi) is 4.96. The predicted octanol–water partition coefficient (Wildman–Crippen LogP) is 2.00. The van der Waals surface area contributed by atoms with Crippen molar-refractivity contribution < 1.29 is 9.59 Å². The molecule has 1 aromatic heterocycles. The lowest BCUT2D eigenvalue weighted by Gasteiger charge is -2.39. The van der Waals surface area contributed by atoms with E-state index in [4.69, 9.17) is 0 Å². The number of carbonyl (C=O) groups excluding carboxylic acids is 2. The Morgan fingerprint density at radius 2 is 1.85 bits per heavy atom. The fourth-order valence-corrected chi connectivity index (χ4v) is 4.38. The van der Waals surface area contributed by atoms with Crippen LogP contribution >= 0.6 is 0 Å². The minimum atomic E-state index is 0.0333. The van der Waals surface area contributed by atoms with Gasteiger partial charge in [-0.2, -0.15) is 0 Å². The highest BCUT2D eigenvalue weighted by Crippen LogP contribution is 2.35. The number of likely N-dealkylation sites (tertiary alicyclic amines) is 2. The molecule has 142 valence electrons. The van der Waals surface area contributed by atoms with Gasteiger partial charge in [0.15, 0.2) is 5.82 Å². The number of piperidine rings is 2. The molecule has 0 unspecified atom stereocenters. The Balaban J connectivity index is 1.46. The molecule has 7 nitrogen and oxygen atoms in total. The second-order valence-corrected chi connectivity index (χ2v) is 8.11. The van der Waals surface area contributed by atoms with Crippen molar-refractivity contribution in [2.45, 2.75) is 64.5 Å². The van der Waals surface area contributed by atoms with Gasteiger partial charge in [0.05, 0.1) is 6.04 Å². The minimum absolute atomic E-state index is 0.0333. The quantitative estimate of drug-likeness (QED) is 0.824. The number of aromatic nitrogens is 3. The van der Waals surface area contributed by atoms with Crippen LogP contribution in [0.25, 0.3) is 0 Å². The molecule has 1 aromatic rings. The molecule has 3 heterocycles. The summed E-state index contributed by atoms with van der Waals surface area (Å²) < 4.78 is 2.17. The van der Waals surface area contributed by atoms with Crippen LogP contribution in [0.2, 0.25) is 0 Å². The van der Waals surface area contributed by atoms with Gasteiger partial charge in [0, 0.05) is 39.0 Å². The molecule has 1 aliphatic carbocycles. The lowest BCUT2D eigenvalue weighted by molar-refractivity contribution is -0.143. The van der Waals surface area contributed by atoms with Gasteiger partial charge in [0.1, 0.15) is 6.33 Å². The molecule has 2 aliphatic heterocycles. The first-order valence-corrected chi connectivity index (χ1v) is 10.1. The summed E-state index contributed by atoms with van der Waals surface area (Å²) in [6.45, 7) is 4.80. The van der Waals surface area contributed by atoms with Crippen molar-refractivity contribution in [3.8, 4) is 0 Å². The maximum Gasteiger partial charge on any atom is 0.226 e. The number of rotatable bonds is 4. The smallest absolute Gasteiger partial charge is 0.226 e. The molecule has 0 radical (unpaired) electrons. The topological polar surface area (TPSA) is 71.3 Å². The molecule has 0 N–H and O–H groups in total. The normalized spacial score (nSPS) is 24.7. The van der Waals surface area contributed by atoms with Crippen molar-refractivity contribution in [2.24, 2.45) is 11.8 Å². The first kappa shape index (κ1) is 17.5. The van der Waals surface area contributed by atoms with Crippen LogP contribution in [-0.2, 0) is 16.1 Å². The first-order chi connectivity index (χ1) is 12.6. The number of hydrogen-bond acceptors (Lipinski definition) is 4. The van der Waals surface area contributed by atoms with Crippen molar-refractivity contribution in [3.05, 3.63) is 12.2 Å². The lowest BCUT2D eigenvalue weighted by Crippen LogP contribution is -2.46. The molecule has 0 bridgehead atoms. The van der Waals surface area contributed by atoms with Gasteiger partial charge < -0.3 is 14.4 Å². The van der Waals surface area contributed by atoms with E-state index in [2.05, 4.69) is 19.7 Å². The Morgan fingerprint density at radius 3 is 2.54 bits per heavy atom. The molecular formula is C19H29N5O2. The average Bonchev–Trinajstić information content (AvgIpc) is 3.36. The van der Waals surface area contributed by atoms with E-state index in [1.54, 1.807) is 6.92 Å². The number of carbonyl (C=O) groups is 2. The van der Waals surface area contributed by atoms with Crippen molar-refractivity contribution in [1.82, 2.24) is 24.6 Å². The molecule has 26 heavy (non-hydrogen) atoms. The summed E-state index contributed by atoms with van der Waals surface area (Å²) in [5.74, 6) is 2.12. The van der Waals surface area contributed by atoms with Gasteiger partial charge in [0.25, 0.3) is 0 Å². The summed E-state index contributed by atoms with van der Waals surface area (Å²) in [5.41, 5.74) is 0. The van der Waals surface area contributed by atoms with E-state index in [0.29, 0.717) is 13.1 Å². The fraction of sp³-hybridized carbons (Fsp3) is 0.789. The van der Waals surface area contributed by atoms with E-state index in [1.807, 2.05) is 11.2 Å². The largest absolute Gasteiger partial charge is 0.343 e. The highest BCUT2D eigenvalue weighted by Gasteiger charge is 2.37. The van der Waals surface area contributed by atoms with Gasteiger partial charge in [-0.05, 0) is 50.9 Å². The summed E-state index contributed by atoms with van der Waals surface area (Å²) in [4.78, 5) is 28.7. The van der Waals surface area contributed by atoms with Gasteiger partial charge in [-0.3, -0.25) is 9.59 Å². The molecule has 7 heteroatoms. The van der Waals surface area contributed by atoms with Crippen LogP contribution in [0, 0.1) is 11.8 Å². The maximum absolute atomic E-state index is 13.2. The summed E-state index contributed by atoms with van der Waals surface area (Å²) in [7, 11) is 0. The molecule has 1 saturated carbocycles. The van der Waals surface area contributed by atoms with Gasteiger partial charge in [-0.1, -0.05) is 0 Å². The highest BCUT2D eigenvalue weighted by atomic mass is 16.2. The Hall–Kier alpha value is -1.92. The van der Waals surface area contributed by atoms with Crippen LogP contribution < -0.4 is 0 Å². The summed E-state index contributed by atoms with van der Waals surface area (Å²) in [5, 5.41) is 8.54. The van der Waals surface area contributed by atoms with Crippen molar-refractivity contribution in [2.75, 3.05) is 19.6 Å². The molecule has 0 spiro atoms. The number of hydrogen-bond donors (Lipinski definition) is 0.